The summed E-state index contributed by atoms with van der Waals surface area (Å²) >= 11 is 0. The normalized spacial score (nSPS) is 11.4. The third-order valence-electron chi connectivity index (χ3n) is 12.7. The van der Waals surface area contributed by atoms with E-state index in [0.717, 1.165) is 84.7 Å². The molecule has 0 radical (unpaired) electrons. The van der Waals surface area contributed by atoms with Gasteiger partial charge in [0.1, 0.15) is 52.2 Å². The third kappa shape index (κ3) is 21.1. The van der Waals surface area contributed by atoms with Crippen LogP contribution in [0.5, 0.6) is 11.5 Å². The van der Waals surface area contributed by atoms with Crippen molar-refractivity contribution in [1.82, 2.24) is 44.4 Å². The van der Waals surface area contributed by atoms with Gasteiger partial charge in [-0.3, -0.25) is 23.5 Å². The summed E-state index contributed by atoms with van der Waals surface area (Å²) in [6.07, 6.45) is 15.2. The van der Waals surface area contributed by atoms with E-state index < -0.39 is 17.2 Å². The third-order valence-corrected chi connectivity index (χ3v) is 12.7. The molecule has 4 aromatic heterocycles. The van der Waals surface area contributed by atoms with E-state index in [-0.39, 0.29) is 24.5 Å². The molecule has 0 bridgehead atoms. The summed E-state index contributed by atoms with van der Waals surface area (Å²) in [4.78, 5) is 73.1. The molecule has 4 aromatic carbocycles. The van der Waals surface area contributed by atoms with Crippen LogP contribution >= 0.6 is 0 Å². The van der Waals surface area contributed by atoms with Crippen molar-refractivity contribution in [1.29, 1.82) is 0 Å². The van der Waals surface area contributed by atoms with Crippen LogP contribution in [0.1, 0.15) is 135 Å². The zero-order chi connectivity index (χ0) is 59.9. The summed E-state index contributed by atoms with van der Waals surface area (Å²) in [6, 6.07) is 31.9. The molecule has 20 nitrogen and oxygen atoms in total. The minimum atomic E-state index is -0.787. The number of hydrogen-bond donors (Lipinski definition) is 3. The lowest BCUT2D eigenvalue weighted by Gasteiger charge is -2.19. The Hall–Kier alpha value is -8.94. The van der Waals surface area contributed by atoms with Crippen LogP contribution in [-0.4, -0.2) is 106 Å². The smallest absolute Gasteiger partial charge is 0.407 e. The Morgan fingerprint density at radius 3 is 1.63 bits per heavy atom. The summed E-state index contributed by atoms with van der Waals surface area (Å²) in [7, 11) is 0. The van der Waals surface area contributed by atoms with Gasteiger partial charge in [0.05, 0.1) is 32.2 Å². The van der Waals surface area contributed by atoms with Crippen LogP contribution in [0.25, 0.3) is 33.7 Å². The number of amides is 1. The molecule has 0 atom stereocenters. The number of esters is 2. The predicted octanol–water partition coefficient (Wildman–Crippen LogP) is 12.2. The van der Waals surface area contributed by atoms with Gasteiger partial charge in [-0.2, -0.15) is 4.98 Å². The SMILES string of the molecule is CC(C)(C)OC(=O)NCCCc1ccc(Cc2ncc3ncn(-c4ccc(OCCCCC(=O)O)cc4)c3n2)cc1.CCOC(=O)CCCCOc1ccc(-n2cnc3cnc(Nc4ccc(CCCCC(=O)OC(C)(C)C)cc4)nc32)cc1. The highest BCUT2D eigenvalue weighted by Crippen LogP contribution is 2.24. The lowest BCUT2D eigenvalue weighted by atomic mass is 10.1. The molecule has 0 saturated carbocycles. The Labute approximate surface area is 490 Å². The fourth-order valence-electron chi connectivity index (χ4n) is 8.62. The first-order valence-electron chi connectivity index (χ1n) is 28.7. The van der Waals surface area contributed by atoms with Gasteiger partial charge >= 0.3 is 24.0 Å². The van der Waals surface area contributed by atoms with Crippen LogP contribution < -0.4 is 20.1 Å². The van der Waals surface area contributed by atoms with Gasteiger partial charge in [0.25, 0.3) is 0 Å². The van der Waals surface area contributed by atoms with Crippen LogP contribution in [0.3, 0.4) is 0 Å². The zero-order valence-corrected chi connectivity index (χ0v) is 49.3. The van der Waals surface area contributed by atoms with Gasteiger partial charge in [-0.25, -0.2) is 29.7 Å². The minimum absolute atomic E-state index is 0.146. The molecular weight excluding hydrogens is 1070 g/mol. The number of carboxylic acid groups (broad SMARTS) is 1. The molecule has 4 heterocycles. The Bertz CT molecular complexity index is 3370. The van der Waals surface area contributed by atoms with Crippen molar-refractivity contribution < 1.29 is 48.0 Å². The number of unbranched alkanes of at least 4 members (excludes halogenated alkanes) is 3. The number of carbonyl (C=O) groups is 4. The zero-order valence-electron chi connectivity index (χ0n) is 49.3. The van der Waals surface area contributed by atoms with E-state index in [2.05, 4.69) is 67.0 Å². The Kier molecular flexibility index (Phi) is 23.1. The number of aryl methyl sites for hydroxylation is 2. The summed E-state index contributed by atoms with van der Waals surface area (Å²) in [5.74, 6) is 1.56. The van der Waals surface area contributed by atoms with Crippen molar-refractivity contribution in [3.63, 3.8) is 0 Å². The maximum atomic E-state index is 11.9. The van der Waals surface area contributed by atoms with Crippen LogP contribution in [-0.2, 0) is 47.9 Å². The van der Waals surface area contributed by atoms with Crippen LogP contribution in [0, 0.1) is 0 Å². The molecule has 0 unspecified atom stereocenters. The van der Waals surface area contributed by atoms with E-state index in [1.165, 1.54) is 11.1 Å². The van der Waals surface area contributed by atoms with E-state index in [1.54, 1.807) is 25.0 Å². The molecule has 444 valence electrons. The lowest BCUT2D eigenvalue weighted by Crippen LogP contribution is -2.33. The first-order chi connectivity index (χ1) is 40.4. The van der Waals surface area contributed by atoms with Gasteiger partial charge in [0, 0.05) is 49.3 Å². The van der Waals surface area contributed by atoms with E-state index in [4.69, 9.17) is 38.8 Å². The summed E-state index contributed by atoms with van der Waals surface area (Å²) in [5, 5.41) is 14.8. The number of aromatic nitrogens is 8. The molecule has 0 aliphatic heterocycles. The fraction of sp³-hybridized carbons (Fsp3) is 0.406. The number of carboxylic acids is 1. The number of alkyl carbamates (subject to hydrolysis) is 1. The maximum absolute atomic E-state index is 11.9. The number of fused-ring (bicyclic) bond motifs is 2. The summed E-state index contributed by atoms with van der Waals surface area (Å²) in [6.45, 7) is 15.0. The molecule has 84 heavy (non-hydrogen) atoms. The van der Waals surface area contributed by atoms with Gasteiger partial charge in [0.15, 0.2) is 11.3 Å². The molecule has 0 fully saturated rings. The predicted molar refractivity (Wildman–Crippen MR) is 321 cm³/mol. The number of aliphatic carboxylic acids is 1. The number of benzene rings is 4. The van der Waals surface area contributed by atoms with E-state index in [1.807, 2.05) is 118 Å². The molecule has 0 saturated heterocycles. The fourth-order valence-corrected chi connectivity index (χ4v) is 8.62. The van der Waals surface area contributed by atoms with Crippen LogP contribution in [0.2, 0.25) is 0 Å². The van der Waals surface area contributed by atoms with Gasteiger partial charge in [0.2, 0.25) is 5.95 Å². The van der Waals surface area contributed by atoms with E-state index in [0.29, 0.717) is 86.9 Å². The molecule has 0 spiro atoms. The highest BCUT2D eigenvalue weighted by molar-refractivity contribution is 5.75. The largest absolute Gasteiger partial charge is 0.494 e. The summed E-state index contributed by atoms with van der Waals surface area (Å²) < 4.78 is 31.0. The Morgan fingerprint density at radius 1 is 0.548 bits per heavy atom. The molecule has 1 amide bonds. The standard InChI is InChI=1S/C33H41N5O5.C31H37N5O5/c1-5-41-29(39)11-8-9-21-42-27-19-17-26(18-20-27)38-23-35-28-22-34-32(37-31(28)38)36-25-15-13-24(14-16-25)10-6-7-12-30(40)43-33(2,3)4;1-31(2,3)41-30(39)32-17-6-7-22-9-11-23(12-10-22)19-27-33-20-26-29(35-27)36(21-34-26)24-13-15-25(16-14-24)40-18-5-4-8-28(37)38/h13-20,22-23H,5-12,21H2,1-4H3,(H,34,36,37);9-16,20-21H,4-8,17-19H2,1-3H3,(H,32,39)(H,37,38). The lowest BCUT2D eigenvalue weighted by molar-refractivity contribution is -0.155. The molecule has 8 rings (SSSR count). The molecule has 0 aliphatic rings. The van der Waals surface area contributed by atoms with Crippen molar-refractivity contribution in [2.24, 2.45) is 0 Å². The summed E-state index contributed by atoms with van der Waals surface area (Å²) in [5.41, 5.74) is 8.07. The number of rotatable bonds is 28. The van der Waals surface area contributed by atoms with E-state index in [9.17, 15) is 19.2 Å². The number of ether oxygens (including phenoxy) is 5. The monoisotopic (exact) mass is 1150 g/mol. The topological polar surface area (TPSA) is 246 Å². The number of nitrogens with zero attached hydrogens (tertiary/aromatic N) is 8. The van der Waals surface area contributed by atoms with E-state index >= 15 is 0 Å². The molecule has 3 N–H and O–H groups in total. The number of carbonyl (C=O) groups excluding carboxylic acids is 3. The second-order valence-corrected chi connectivity index (χ2v) is 22.1. The van der Waals surface area contributed by atoms with Crippen molar-refractivity contribution in [2.75, 3.05) is 31.7 Å². The van der Waals surface area contributed by atoms with Gasteiger partial charge in [-0.15, -0.1) is 0 Å². The number of hydrogen-bond acceptors (Lipinski definition) is 16. The van der Waals surface area contributed by atoms with Gasteiger partial charge in [-0.1, -0.05) is 36.4 Å². The quantitative estimate of drug-likeness (QED) is 0.0234. The maximum Gasteiger partial charge on any atom is 0.407 e. The average Bonchev–Trinajstić information content (AvgIpc) is 2.40. The Balaban J connectivity index is 0.000000241. The highest BCUT2D eigenvalue weighted by Gasteiger charge is 2.18. The minimum Gasteiger partial charge on any atom is -0.494 e. The molecule has 20 heteroatoms. The van der Waals surface area contributed by atoms with Crippen LogP contribution in [0.15, 0.2) is 122 Å². The molecular formula is C64H78N10O10. The Morgan fingerprint density at radius 2 is 1.06 bits per heavy atom. The van der Waals surface area contributed by atoms with Gasteiger partial charge in [-0.05, 0) is 184 Å². The first-order valence-corrected chi connectivity index (χ1v) is 28.7. The van der Waals surface area contributed by atoms with Crippen molar-refractivity contribution >= 4 is 58.0 Å². The first kappa shape index (κ1) is 62.7. The average molecular weight is 1150 g/mol. The van der Waals surface area contributed by atoms with Gasteiger partial charge < -0.3 is 39.4 Å². The second kappa shape index (κ2) is 30.9. The van der Waals surface area contributed by atoms with Crippen molar-refractivity contribution in [3.8, 4) is 22.9 Å². The number of anilines is 2. The van der Waals surface area contributed by atoms with Crippen LogP contribution in [0.4, 0.5) is 16.4 Å². The highest BCUT2D eigenvalue weighted by atomic mass is 16.6. The number of imidazole rings is 2. The van der Waals surface area contributed by atoms with Crippen molar-refractivity contribution in [2.45, 2.75) is 143 Å². The number of nitrogens with one attached hydrogen (secondary N) is 2. The molecule has 0 aliphatic carbocycles. The van der Waals surface area contributed by atoms with Crippen molar-refractivity contribution in [3.05, 3.63) is 145 Å². The second-order valence-electron chi connectivity index (χ2n) is 22.1. The molecule has 8 aromatic rings.